The molecule has 2 rings (SSSR count). The molecule has 0 saturated heterocycles. The molecule has 1 aromatic heterocycles. The molecule has 0 aliphatic rings. The van der Waals surface area contributed by atoms with Crippen LogP contribution in [0.2, 0.25) is 0 Å². The highest BCUT2D eigenvalue weighted by Crippen LogP contribution is 2.12. The number of carbonyl (C=O) groups excluding carboxylic acids is 1. The van der Waals surface area contributed by atoms with Crippen LogP contribution in [0.5, 0.6) is 0 Å². The summed E-state index contributed by atoms with van der Waals surface area (Å²) >= 11 is 0. The van der Waals surface area contributed by atoms with Gasteiger partial charge in [0.1, 0.15) is 0 Å². The predicted molar refractivity (Wildman–Crippen MR) is 64.3 cm³/mol. The molecule has 2 aromatic rings. The Kier molecular flexibility index (Phi) is 3.10. The van der Waals surface area contributed by atoms with Crippen LogP contribution in [0, 0.1) is 0 Å². The van der Waals surface area contributed by atoms with Crippen LogP contribution in [0.15, 0.2) is 27.4 Å². The smallest absolute Gasteiger partial charge is 0.408 e. The van der Waals surface area contributed by atoms with Crippen LogP contribution in [0.4, 0.5) is 0 Å². The molecule has 2 N–H and O–H groups in total. The highest BCUT2D eigenvalue weighted by Gasteiger charge is 2.09. The van der Waals surface area contributed by atoms with Gasteiger partial charge in [0, 0.05) is 11.6 Å². The van der Waals surface area contributed by atoms with Gasteiger partial charge in [0.2, 0.25) is 0 Å². The Morgan fingerprint density at radius 3 is 2.94 bits per heavy atom. The first-order chi connectivity index (χ1) is 8.06. The van der Waals surface area contributed by atoms with E-state index >= 15 is 0 Å². The highest BCUT2D eigenvalue weighted by molar-refractivity contribution is 5.99. The van der Waals surface area contributed by atoms with Gasteiger partial charge in [-0.15, -0.1) is 0 Å². The maximum absolute atomic E-state index is 11.8. The summed E-state index contributed by atoms with van der Waals surface area (Å²) in [4.78, 5) is 25.3. The molecule has 5 nitrogen and oxygen atoms in total. The Labute approximate surface area is 97.8 Å². The number of carbonyl (C=O) groups is 1. The summed E-state index contributed by atoms with van der Waals surface area (Å²) in [7, 11) is 0. The maximum Gasteiger partial charge on any atom is 0.417 e. The Morgan fingerprint density at radius 2 is 2.24 bits per heavy atom. The first-order valence-corrected chi connectivity index (χ1v) is 5.46. The third-order valence-corrected chi connectivity index (χ3v) is 2.41. The molecule has 0 fully saturated rings. The van der Waals surface area contributed by atoms with Crippen LogP contribution in [0.3, 0.4) is 0 Å². The quantitative estimate of drug-likeness (QED) is 0.782. The van der Waals surface area contributed by atoms with Gasteiger partial charge >= 0.3 is 5.76 Å². The minimum absolute atomic E-state index is 0.0114. The van der Waals surface area contributed by atoms with Crippen molar-refractivity contribution < 1.29 is 9.21 Å². The predicted octanol–water partition coefficient (Wildman–Crippen LogP) is 1.30. The summed E-state index contributed by atoms with van der Waals surface area (Å²) < 4.78 is 4.86. The van der Waals surface area contributed by atoms with E-state index in [1.54, 1.807) is 18.2 Å². The molecule has 1 heterocycles. The van der Waals surface area contributed by atoms with Crippen LogP contribution in [0.25, 0.3) is 11.1 Å². The molecule has 5 heteroatoms. The fourth-order valence-corrected chi connectivity index (χ4v) is 1.52. The zero-order valence-electron chi connectivity index (χ0n) is 9.74. The number of aromatic nitrogens is 1. The lowest BCUT2D eigenvalue weighted by Gasteiger charge is -2.06. The number of oxazole rings is 1. The largest absolute Gasteiger partial charge is 0.417 e. The minimum atomic E-state index is -0.509. The van der Waals surface area contributed by atoms with Crippen molar-refractivity contribution in [2.45, 2.75) is 19.9 Å². The van der Waals surface area contributed by atoms with Gasteiger partial charge in [-0.25, -0.2) is 4.79 Å². The first-order valence-electron chi connectivity index (χ1n) is 5.46. The van der Waals surface area contributed by atoms with Crippen molar-refractivity contribution in [3.8, 4) is 0 Å². The summed E-state index contributed by atoms with van der Waals surface area (Å²) in [5.41, 5.74) is 1.57. The second-order valence-corrected chi connectivity index (χ2v) is 4.18. The van der Waals surface area contributed by atoms with Gasteiger partial charge in [0.05, 0.1) is 12.1 Å². The number of benzene rings is 1. The first kappa shape index (κ1) is 11.6. The lowest BCUT2D eigenvalue weighted by molar-refractivity contribution is 0.0988. The Balaban J connectivity index is 2.23. The molecule has 0 bridgehead atoms. The molecular weight excluding hydrogens is 220 g/mol. The molecule has 0 saturated carbocycles. The van der Waals surface area contributed by atoms with E-state index in [1.807, 2.05) is 13.8 Å². The summed E-state index contributed by atoms with van der Waals surface area (Å²) in [6, 6.07) is 5.17. The third kappa shape index (κ3) is 2.62. The van der Waals surface area contributed by atoms with Crippen molar-refractivity contribution in [1.82, 2.24) is 10.3 Å². The number of H-pyrrole nitrogens is 1. The SMILES string of the molecule is CC(C)NCC(=O)c1ccc2oc(=O)[nH]c2c1. The van der Waals surface area contributed by atoms with Crippen LogP contribution in [-0.2, 0) is 0 Å². The number of nitrogens with one attached hydrogen (secondary N) is 2. The van der Waals surface area contributed by atoms with Crippen LogP contribution in [-0.4, -0.2) is 23.4 Å². The van der Waals surface area contributed by atoms with E-state index in [0.29, 0.717) is 16.7 Å². The van der Waals surface area contributed by atoms with Crippen molar-refractivity contribution in [2.75, 3.05) is 6.54 Å². The van der Waals surface area contributed by atoms with E-state index in [2.05, 4.69) is 10.3 Å². The molecule has 0 spiro atoms. The number of hydrogen-bond acceptors (Lipinski definition) is 4. The number of hydrogen-bond donors (Lipinski definition) is 2. The van der Waals surface area contributed by atoms with Gasteiger partial charge in [-0.05, 0) is 18.2 Å². The molecule has 17 heavy (non-hydrogen) atoms. The Morgan fingerprint density at radius 1 is 1.47 bits per heavy atom. The molecule has 0 aliphatic heterocycles. The van der Waals surface area contributed by atoms with Crippen molar-refractivity contribution in [3.63, 3.8) is 0 Å². The summed E-state index contributed by atoms with van der Waals surface area (Å²) in [6.07, 6.45) is 0. The van der Waals surface area contributed by atoms with Crippen LogP contribution >= 0.6 is 0 Å². The number of Topliss-reactive ketones (excluding diaryl/α,β-unsaturated/α-hetero) is 1. The minimum Gasteiger partial charge on any atom is -0.408 e. The van der Waals surface area contributed by atoms with E-state index < -0.39 is 5.76 Å². The summed E-state index contributed by atoms with van der Waals surface area (Å²) in [5, 5.41) is 3.05. The van der Waals surface area contributed by atoms with E-state index in [0.717, 1.165) is 0 Å². The van der Waals surface area contributed by atoms with Gasteiger partial charge < -0.3 is 9.73 Å². The van der Waals surface area contributed by atoms with Gasteiger partial charge in [-0.1, -0.05) is 13.8 Å². The van der Waals surface area contributed by atoms with Crippen molar-refractivity contribution in [1.29, 1.82) is 0 Å². The van der Waals surface area contributed by atoms with E-state index in [4.69, 9.17) is 4.42 Å². The molecule has 0 unspecified atom stereocenters. The average molecular weight is 234 g/mol. The monoisotopic (exact) mass is 234 g/mol. The fourth-order valence-electron chi connectivity index (χ4n) is 1.52. The topological polar surface area (TPSA) is 75.1 Å². The number of fused-ring (bicyclic) bond motifs is 1. The molecule has 1 aromatic carbocycles. The molecule has 0 amide bonds. The van der Waals surface area contributed by atoms with Gasteiger partial charge in [-0.3, -0.25) is 9.78 Å². The highest BCUT2D eigenvalue weighted by atomic mass is 16.4. The number of ketones is 1. The molecule has 0 radical (unpaired) electrons. The van der Waals surface area contributed by atoms with Crippen LogP contribution in [0.1, 0.15) is 24.2 Å². The molecule has 90 valence electrons. The molecule has 0 atom stereocenters. The van der Waals surface area contributed by atoms with E-state index in [9.17, 15) is 9.59 Å². The van der Waals surface area contributed by atoms with E-state index in [1.165, 1.54) is 0 Å². The zero-order valence-corrected chi connectivity index (χ0v) is 9.74. The maximum atomic E-state index is 11.8. The fraction of sp³-hybridized carbons (Fsp3) is 0.333. The van der Waals surface area contributed by atoms with Crippen LogP contribution < -0.4 is 11.1 Å². The lowest BCUT2D eigenvalue weighted by atomic mass is 10.1. The number of aromatic amines is 1. The van der Waals surface area contributed by atoms with Crippen molar-refractivity contribution >= 4 is 16.9 Å². The Bertz CT molecular complexity index is 595. The molecular formula is C12H14N2O3. The second-order valence-electron chi connectivity index (χ2n) is 4.18. The zero-order chi connectivity index (χ0) is 12.4. The normalized spacial score (nSPS) is 11.2. The van der Waals surface area contributed by atoms with E-state index in [-0.39, 0.29) is 18.4 Å². The van der Waals surface area contributed by atoms with Gasteiger partial charge in [0.25, 0.3) is 0 Å². The third-order valence-electron chi connectivity index (χ3n) is 2.41. The summed E-state index contributed by atoms with van der Waals surface area (Å²) in [5.74, 6) is -0.521. The molecule has 0 aliphatic carbocycles. The average Bonchev–Trinajstić information content (AvgIpc) is 2.64. The second kappa shape index (κ2) is 4.55. The number of rotatable bonds is 4. The van der Waals surface area contributed by atoms with Crippen molar-refractivity contribution in [3.05, 3.63) is 34.3 Å². The van der Waals surface area contributed by atoms with Gasteiger partial charge in [0.15, 0.2) is 11.4 Å². The standard InChI is InChI=1S/C12H14N2O3/c1-7(2)13-6-10(15)8-3-4-11-9(5-8)14-12(16)17-11/h3-5,7,13H,6H2,1-2H3,(H,14,16). The Hall–Kier alpha value is -1.88. The van der Waals surface area contributed by atoms with Gasteiger partial charge in [-0.2, -0.15) is 0 Å². The summed E-state index contributed by atoms with van der Waals surface area (Å²) in [6.45, 7) is 4.24. The lowest BCUT2D eigenvalue weighted by Crippen LogP contribution is -2.29. The van der Waals surface area contributed by atoms with Crippen molar-refractivity contribution in [2.24, 2.45) is 0 Å².